The number of hydrogen-bond acceptors (Lipinski definition) is 5. The lowest BCUT2D eigenvalue weighted by molar-refractivity contribution is -0.137. The number of hydrogen-bond donors (Lipinski definition) is 1. The molecular formula is C21H13F4N3O2S2. The number of nitrogens with zero attached hydrogens (tertiary/aromatic N) is 2. The fourth-order valence-electron chi connectivity index (χ4n) is 2.90. The molecule has 32 heavy (non-hydrogen) atoms. The topological polar surface area (TPSA) is 64.0 Å². The molecule has 1 N–H and O–H groups in total. The number of carbonyl (C=O) groups excluding carboxylic acids is 1. The zero-order chi connectivity index (χ0) is 22.9. The Balaban J connectivity index is 1.58. The molecule has 0 aliphatic rings. The van der Waals surface area contributed by atoms with Crippen LogP contribution in [0, 0.1) is 5.82 Å². The quantitative estimate of drug-likeness (QED) is 0.239. The van der Waals surface area contributed by atoms with Crippen molar-refractivity contribution < 1.29 is 22.4 Å². The summed E-state index contributed by atoms with van der Waals surface area (Å²) >= 11 is 2.09. The van der Waals surface area contributed by atoms with E-state index in [0.717, 1.165) is 40.6 Å². The number of nitrogens with one attached hydrogen (secondary N) is 1. The summed E-state index contributed by atoms with van der Waals surface area (Å²) in [5.74, 6) is -1.34. The van der Waals surface area contributed by atoms with E-state index in [0.29, 0.717) is 10.2 Å². The van der Waals surface area contributed by atoms with Crippen molar-refractivity contribution in [2.45, 2.75) is 11.3 Å². The Labute approximate surface area is 186 Å². The number of amides is 1. The van der Waals surface area contributed by atoms with Crippen LogP contribution in [0.3, 0.4) is 0 Å². The van der Waals surface area contributed by atoms with Crippen molar-refractivity contribution in [2.24, 2.45) is 0 Å². The fraction of sp³-hybridized carbons (Fsp3) is 0.0952. The second-order valence-electron chi connectivity index (χ2n) is 6.53. The van der Waals surface area contributed by atoms with Crippen molar-refractivity contribution >= 4 is 44.9 Å². The van der Waals surface area contributed by atoms with Crippen LogP contribution in [0.1, 0.15) is 5.56 Å². The predicted octanol–water partition coefficient (Wildman–Crippen LogP) is 5.34. The van der Waals surface area contributed by atoms with Crippen molar-refractivity contribution in [3.8, 4) is 5.69 Å². The summed E-state index contributed by atoms with van der Waals surface area (Å²) in [5, 5.41) is 4.30. The molecule has 0 fully saturated rings. The maximum atomic E-state index is 14.4. The van der Waals surface area contributed by atoms with Gasteiger partial charge >= 0.3 is 6.18 Å². The molecule has 1 amide bonds. The summed E-state index contributed by atoms with van der Waals surface area (Å²) in [4.78, 5) is 29.7. The normalized spacial score (nSPS) is 11.6. The van der Waals surface area contributed by atoms with Crippen LogP contribution < -0.4 is 10.9 Å². The summed E-state index contributed by atoms with van der Waals surface area (Å²) in [6.07, 6.45) is -4.47. The number of para-hydroxylation sites is 1. The first kappa shape index (κ1) is 22.0. The van der Waals surface area contributed by atoms with Crippen LogP contribution in [0.5, 0.6) is 0 Å². The van der Waals surface area contributed by atoms with Crippen molar-refractivity contribution in [1.82, 2.24) is 9.55 Å². The van der Waals surface area contributed by atoms with Gasteiger partial charge in [-0.15, -0.1) is 11.3 Å². The van der Waals surface area contributed by atoms with Gasteiger partial charge in [0.2, 0.25) is 5.91 Å². The standard InChI is InChI=1S/C21H13F4N3O2S2/c22-14-3-1-2-4-16(14)28-19(30)18-15(9-10-31-18)27-20(28)32-11-17(29)26-13-7-5-12(6-8-13)21(23,24)25/h1-10H,11H2,(H,26,29). The third-order valence-corrected chi connectivity index (χ3v) is 6.20. The van der Waals surface area contributed by atoms with Crippen molar-refractivity contribution in [2.75, 3.05) is 11.1 Å². The molecule has 11 heteroatoms. The molecular weight excluding hydrogens is 466 g/mol. The highest BCUT2D eigenvalue weighted by Gasteiger charge is 2.30. The van der Waals surface area contributed by atoms with E-state index >= 15 is 0 Å². The highest BCUT2D eigenvalue weighted by atomic mass is 32.2. The summed E-state index contributed by atoms with van der Waals surface area (Å²) < 4.78 is 53.9. The highest BCUT2D eigenvalue weighted by Crippen LogP contribution is 2.30. The molecule has 0 spiro atoms. The van der Waals surface area contributed by atoms with E-state index in [2.05, 4.69) is 10.3 Å². The minimum atomic E-state index is -4.47. The van der Waals surface area contributed by atoms with E-state index in [4.69, 9.17) is 0 Å². The molecule has 4 rings (SSSR count). The Morgan fingerprint density at radius 3 is 2.50 bits per heavy atom. The average Bonchev–Trinajstić information content (AvgIpc) is 3.22. The number of thioether (sulfide) groups is 1. The maximum absolute atomic E-state index is 14.4. The lowest BCUT2D eigenvalue weighted by Crippen LogP contribution is -2.23. The SMILES string of the molecule is O=C(CSc1nc2ccsc2c(=O)n1-c1ccccc1F)Nc1ccc(C(F)(F)F)cc1. The molecule has 0 saturated heterocycles. The first-order chi connectivity index (χ1) is 15.2. The largest absolute Gasteiger partial charge is 0.416 e. The maximum Gasteiger partial charge on any atom is 0.416 e. The minimum Gasteiger partial charge on any atom is -0.325 e. The minimum absolute atomic E-state index is 0.00551. The molecule has 2 heterocycles. The number of anilines is 1. The lowest BCUT2D eigenvalue weighted by Gasteiger charge is -2.13. The third-order valence-electron chi connectivity index (χ3n) is 4.37. The number of benzene rings is 2. The van der Waals surface area contributed by atoms with E-state index in [-0.39, 0.29) is 22.3 Å². The Morgan fingerprint density at radius 1 is 1.09 bits per heavy atom. The van der Waals surface area contributed by atoms with Gasteiger partial charge in [0, 0.05) is 5.69 Å². The second kappa shape index (κ2) is 8.75. The van der Waals surface area contributed by atoms with Gasteiger partial charge in [0.05, 0.1) is 22.5 Å². The van der Waals surface area contributed by atoms with Gasteiger partial charge in [0.1, 0.15) is 10.5 Å². The Kier molecular flexibility index (Phi) is 6.02. The van der Waals surface area contributed by atoms with Gasteiger partial charge < -0.3 is 5.32 Å². The van der Waals surface area contributed by atoms with E-state index in [1.54, 1.807) is 17.5 Å². The van der Waals surface area contributed by atoms with Crippen LogP contribution in [0.25, 0.3) is 15.9 Å². The molecule has 2 aromatic carbocycles. The third kappa shape index (κ3) is 4.53. The Bertz CT molecular complexity index is 1350. The summed E-state index contributed by atoms with van der Waals surface area (Å²) in [6.45, 7) is 0. The summed E-state index contributed by atoms with van der Waals surface area (Å²) in [6, 6.07) is 11.4. The van der Waals surface area contributed by atoms with Crippen LogP contribution in [-0.2, 0) is 11.0 Å². The average molecular weight is 479 g/mol. The first-order valence-corrected chi connectivity index (χ1v) is 11.0. The molecule has 0 atom stereocenters. The van der Waals surface area contributed by atoms with Crippen LogP contribution in [0.2, 0.25) is 0 Å². The number of aromatic nitrogens is 2. The molecule has 5 nitrogen and oxygen atoms in total. The second-order valence-corrected chi connectivity index (χ2v) is 8.39. The first-order valence-electron chi connectivity index (χ1n) is 9.09. The number of halogens is 4. The number of rotatable bonds is 5. The van der Waals surface area contributed by atoms with E-state index < -0.39 is 29.0 Å². The van der Waals surface area contributed by atoms with Gasteiger partial charge in [0.15, 0.2) is 5.16 Å². The van der Waals surface area contributed by atoms with Gasteiger partial charge in [-0.2, -0.15) is 13.2 Å². The van der Waals surface area contributed by atoms with Gasteiger partial charge in [0.25, 0.3) is 5.56 Å². The van der Waals surface area contributed by atoms with Crippen LogP contribution in [0.4, 0.5) is 23.2 Å². The molecule has 0 radical (unpaired) electrons. The number of alkyl halides is 3. The monoisotopic (exact) mass is 479 g/mol. The molecule has 0 aliphatic carbocycles. The van der Waals surface area contributed by atoms with E-state index in [9.17, 15) is 27.2 Å². The van der Waals surface area contributed by atoms with Gasteiger partial charge in [-0.3, -0.25) is 14.2 Å². The predicted molar refractivity (Wildman–Crippen MR) is 116 cm³/mol. The molecule has 0 saturated carbocycles. The van der Waals surface area contributed by atoms with E-state index in [1.807, 2.05) is 0 Å². The molecule has 4 aromatic rings. The zero-order valence-corrected chi connectivity index (χ0v) is 17.7. The Hall–Kier alpha value is -3.18. The van der Waals surface area contributed by atoms with Crippen molar-refractivity contribution in [3.63, 3.8) is 0 Å². The van der Waals surface area contributed by atoms with Gasteiger partial charge in [-0.05, 0) is 47.8 Å². The van der Waals surface area contributed by atoms with E-state index in [1.165, 1.54) is 29.5 Å². The van der Waals surface area contributed by atoms with Gasteiger partial charge in [-0.25, -0.2) is 9.37 Å². The molecule has 0 bridgehead atoms. The molecule has 0 aliphatic heterocycles. The number of fused-ring (bicyclic) bond motifs is 1. The summed E-state index contributed by atoms with van der Waals surface area (Å²) in [5.41, 5.74) is -0.659. The van der Waals surface area contributed by atoms with Crippen LogP contribution in [-0.4, -0.2) is 21.2 Å². The van der Waals surface area contributed by atoms with Crippen LogP contribution >= 0.6 is 23.1 Å². The Morgan fingerprint density at radius 2 is 1.81 bits per heavy atom. The molecule has 164 valence electrons. The molecule has 2 aromatic heterocycles. The zero-order valence-electron chi connectivity index (χ0n) is 16.0. The van der Waals surface area contributed by atoms with Crippen molar-refractivity contribution in [3.05, 3.63) is 81.7 Å². The number of carbonyl (C=O) groups is 1. The lowest BCUT2D eigenvalue weighted by atomic mass is 10.2. The highest BCUT2D eigenvalue weighted by molar-refractivity contribution is 7.99. The summed E-state index contributed by atoms with van der Waals surface area (Å²) in [7, 11) is 0. The molecule has 0 unspecified atom stereocenters. The smallest absolute Gasteiger partial charge is 0.325 e. The number of thiophene rings is 1. The van der Waals surface area contributed by atoms with Crippen LogP contribution in [0.15, 0.2) is 69.9 Å². The van der Waals surface area contributed by atoms with Crippen molar-refractivity contribution in [1.29, 1.82) is 0 Å². The fourth-order valence-corrected chi connectivity index (χ4v) is 4.47. The van der Waals surface area contributed by atoms with Gasteiger partial charge in [-0.1, -0.05) is 23.9 Å².